The first-order chi connectivity index (χ1) is 12.2. The summed E-state index contributed by atoms with van der Waals surface area (Å²) in [6.45, 7) is 12.6. The fourth-order valence-electron chi connectivity index (χ4n) is 4.30. The van der Waals surface area contributed by atoms with E-state index in [-0.39, 0.29) is 16.9 Å². The Labute approximate surface area is 158 Å². The molecule has 2 heteroatoms. The Bertz CT molecular complexity index is 829. The predicted octanol–water partition coefficient (Wildman–Crippen LogP) is 5.62. The molecule has 0 aromatic heterocycles. The lowest BCUT2D eigenvalue weighted by Gasteiger charge is -2.28. The molecule has 0 fully saturated rings. The lowest BCUT2D eigenvalue weighted by atomic mass is 9.78. The molecule has 0 saturated heterocycles. The first-order valence-electron chi connectivity index (χ1n) is 9.90. The van der Waals surface area contributed by atoms with E-state index in [1.807, 2.05) is 0 Å². The van der Waals surface area contributed by atoms with E-state index in [9.17, 15) is 0 Å². The van der Waals surface area contributed by atoms with Crippen LogP contribution < -0.4 is 10.1 Å². The quantitative estimate of drug-likeness (QED) is 0.776. The number of ether oxygens (including phenoxy) is 1. The van der Waals surface area contributed by atoms with Crippen LogP contribution in [0, 0.1) is 0 Å². The van der Waals surface area contributed by atoms with Crippen molar-refractivity contribution in [3.63, 3.8) is 0 Å². The van der Waals surface area contributed by atoms with Gasteiger partial charge in [0, 0.05) is 18.7 Å². The van der Waals surface area contributed by atoms with Crippen molar-refractivity contribution in [3.05, 3.63) is 58.7 Å². The van der Waals surface area contributed by atoms with E-state index >= 15 is 0 Å². The average molecular weight is 350 g/mol. The highest BCUT2D eigenvalue weighted by atomic mass is 16.5. The topological polar surface area (TPSA) is 21.3 Å². The van der Waals surface area contributed by atoms with Crippen LogP contribution in [0.3, 0.4) is 0 Å². The zero-order valence-electron chi connectivity index (χ0n) is 16.8. The van der Waals surface area contributed by atoms with Gasteiger partial charge in [-0.2, -0.15) is 0 Å². The fourth-order valence-corrected chi connectivity index (χ4v) is 4.30. The molecule has 2 heterocycles. The molecule has 1 unspecified atom stereocenters. The molecule has 0 bridgehead atoms. The summed E-state index contributed by atoms with van der Waals surface area (Å²) in [6.07, 6.45) is 3.46. The second-order valence-corrected chi connectivity index (χ2v) is 9.65. The number of hydrogen-bond donors (Lipinski definition) is 1. The summed E-state index contributed by atoms with van der Waals surface area (Å²) in [5.41, 5.74) is 7.21. The third kappa shape index (κ3) is 3.22. The van der Waals surface area contributed by atoms with Gasteiger partial charge < -0.3 is 10.1 Å². The molecule has 0 radical (unpaired) electrons. The maximum absolute atomic E-state index is 6.31. The van der Waals surface area contributed by atoms with Crippen molar-refractivity contribution in [2.75, 3.05) is 11.9 Å². The van der Waals surface area contributed by atoms with Gasteiger partial charge in [-0.05, 0) is 58.1 Å². The highest BCUT2D eigenvalue weighted by Crippen LogP contribution is 2.39. The highest BCUT2D eigenvalue weighted by Gasteiger charge is 2.32. The minimum atomic E-state index is 0.0961. The molecule has 4 rings (SSSR count). The summed E-state index contributed by atoms with van der Waals surface area (Å²) in [5, 5.41) is 3.51. The van der Waals surface area contributed by atoms with Gasteiger partial charge in [0.2, 0.25) is 0 Å². The van der Waals surface area contributed by atoms with E-state index in [1.165, 1.54) is 27.9 Å². The molecule has 0 aliphatic carbocycles. The molecular weight excluding hydrogens is 318 g/mol. The Morgan fingerprint density at radius 2 is 1.73 bits per heavy atom. The van der Waals surface area contributed by atoms with Crippen LogP contribution in [0.15, 0.2) is 36.4 Å². The molecule has 2 aliphatic heterocycles. The molecule has 1 atom stereocenters. The Balaban J connectivity index is 1.50. The third-order valence-electron chi connectivity index (χ3n) is 6.01. The Morgan fingerprint density at radius 3 is 2.50 bits per heavy atom. The molecule has 0 saturated carbocycles. The van der Waals surface area contributed by atoms with Crippen LogP contribution in [-0.4, -0.2) is 12.6 Å². The summed E-state index contributed by atoms with van der Waals surface area (Å²) in [6, 6.07) is 13.7. The van der Waals surface area contributed by atoms with E-state index in [1.54, 1.807) is 0 Å². The van der Waals surface area contributed by atoms with Gasteiger partial charge in [-0.3, -0.25) is 0 Å². The molecule has 1 N–H and O–H groups in total. The number of hydrogen-bond acceptors (Lipinski definition) is 2. The minimum absolute atomic E-state index is 0.0961. The van der Waals surface area contributed by atoms with Crippen molar-refractivity contribution in [3.8, 4) is 5.75 Å². The second-order valence-electron chi connectivity index (χ2n) is 9.65. The lowest BCUT2D eigenvalue weighted by molar-refractivity contribution is 0.189. The van der Waals surface area contributed by atoms with Gasteiger partial charge in [0.1, 0.15) is 11.9 Å². The summed E-state index contributed by atoms with van der Waals surface area (Å²) in [4.78, 5) is 0. The van der Waals surface area contributed by atoms with Gasteiger partial charge >= 0.3 is 0 Å². The van der Waals surface area contributed by atoms with Crippen molar-refractivity contribution >= 4 is 5.69 Å². The molecule has 2 aromatic rings. The van der Waals surface area contributed by atoms with Crippen LogP contribution in [0.2, 0.25) is 0 Å². The smallest absolute Gasteiger partial charge is 0.123 e. The molecule has 26 heavy (non-hydrogen) atoms. The highest BCUT2D eigenvalue weighted by molar-refractivity contribution is 5.58. The minimum Gasteiger partial charge on any atom is -0.490 e. The SMILES string of the molecule is CC(C)(C)c1ccc2c(c1)CC(CC(C)(C)c1ccc3c(c1)NCC3)O2. The largest absolute Gasteiger partial charge is 0.490 e. The molecular formula is C24H31NO. The van der Waals surface area contributed by atoms with E-state index in [4.69, 9.17) is 4.74 Å². The van der Waals surface area contributed by atoms with Crippen molar-refractivity contribution < 1.29 is 4.74 Å². The van der Waals surface area contributed by atoms with Gasteiger partial charge in [0.15, 0.2) is 0 Å². The van der Waals surface area contributed by atoms with Gasteiger partial charge in [-0.15, -0.1) is 0 Å². The van der Waals surface area contributed by atoms with Crippen LogP contribution in [0.4, 0.5) is 5.69 Å². The maximum Gasteiger partial charge on any atom is 0.123 e. The first-order valence-corrected chi connectivity index (χ1v) is 9.90. The van der Waals surface area contributed by atoms with E-state index in [2.05, 4.69) is 76.3 Å². The molecule has 0 spiro atoms. The van der Waals surface area contributed by atoms with Crippen LogP contribution in [-0.2, 0) is 23.7 Å². The molecule has 2 aliphatic rings. The number of nitrogens with one attached hydrogen (secondary N) is 1. The summed E-state index contributed by atoms with van der Waals surface area (Å²) >= 11 is 0. The molecule has 0 amide bonds. The Kier molecular flexibility index (Phi) is 4.06. The van der Waals surface area contributed by atoms with Crippen molar-refractivity contribution in [2.45, 2.75) is 70.8 Å². The zero-order chi connectivity index (χ0) is 18.5. The number of benzene rings is 2. The average Bonchev–Trinajstić information content (AvgIpc) is 3.17. The first kappa shape index (κ1) is 17.5. The molecule has 2 aromatic carbocycles. The van der Waals surface area contributed by atoms with E-state index in [0.29, 0.717) is 0 Å². The maximum atomic E-state index is 6.31. The van der Waals surface area contributed by atoms with E-state index in [0.717, 1.165) is 31.6 Å². The lowest BCUT2D eigenvalue weighted by Crippen LogP contribution is -2.27. The third-order valence-corrected chi connectivity index (χ3v) is 6.01. The normalized spacial score (nSPS) is 18.9. The van der Waals surface area contributed by atoms with Gasteiger partial charge in [0.05, 0.1) is 0 Å². The zero-order valence-corrected chi connectivity index (χ0v) is 16.8. The van der Waals surface area contributed by atoms with Crippen molar-refractivity contribution in [1.29, 1.82) is 0 Å². The standard InChI is InChI=1S/C24H31NO/c1-23(2,3)18-8-9-22-17(12-18)13-20(26-22)15-24(4,5)19-7-6-16-10-11-25-21(16)14-19/h6-9,12,14,20,25H,10-11,13,15H2,1-5H3. The van der Waals surface area contributed by atoms with Crippen LogP contribution >= 0.6 is 0 Å². The van der Waals surface area contributed by atoms with Crippen molar-refractivity contribution in [1.82, 2.24) is 0 Å². The number of fused-ring (bicyclic) bond motifs is 2. The van der Waals surface area contributed by atoms with Crippen LogP contribution in [0.25, 0.3) is 0 Å². The van der Waals surface area contributed by atoms with Crippen LogP contribution in [0.5, 0.6) is 5.75 Å². The number of anilines is 1. The van der Waals surface area contributed by atoms with Gasteiger partial charge in [0.25, 0.3) is 0 Å². The fraction of sp³-hybridized carbons (Fsp3) is 0.500. The van der Waals surface area contributed by atoms with Gasteiger partial charge in [-0.1, -0.05) is 58.9 Å². The Hall–Kier alpha value is -1.96. The van der Waals surface area contributed by atoms with Crippen molar-refractivity contribution in [2.24, 2.45) is 0 Å². The summed E-state index contributed by atoms with van der Waals surface area (Å²) in [5.74, 6) is 1.08. The van der Waals surface area contributed by atoms with Gasteiger partial charge in [-0.25, -0.2) is 0 Å². The molecule has 138 valence electrons. The Morgan fingerprint density at radius 1 is 0.962 bits per heavy atom. The molecule has 2 nitrogen and oxygen atoms in total. The van der Waals surface area contributed by atoms with E-state index < -0.39 is 0 Å². The summed E-state index contributed by atoms with van der Waals surface area (Å²) in [7, 11) is 0. The summed E-state index contributed by atoms with van der Waals surface area (Å²) < 4.78 is 6.31. The number of rotatable bonds is 3. The van der Waals surface area contributed by atoms with Crippen LogP contribution in [0.1, 0.15) is 63.3 Å². The predicted molar refractivity (Wildman–Crippen MR) is 110 cm³/mol. The monoisotopic (exact) mass is 349 g/mol. The second kappa shape index (κ2) is 6.04.